The van der Waals surface area contributed by atoms with Crippen LogP contribution in [0.15, 0.2) is 23.0 Å². The standard InChI is InChI=1S/C27H33N5O6/c1-27(2,3)38-26(36)30-13-18-15-37-16-19(14-30)31(18)12-6-8-17-7-5-9-20-23(17)29(4)25(35)32(20)21-10-11-22(33)28-24(21)34/h5,7,9,18-19,21H,10-16H2,1-4H3,(H,28,33,34). The molecule has 11 heteroatoms. The molecule has 202 valence electrons. The van der Waals surface area contributed by atoms with Gasteiger partial charge in [-0.05, 0) is 39.3 Å². The number of para-hydroxylation sites is 1. The van der Waals surface area contributed by atoms with Gasteiger partial charge < -0.3 is 14.4 Å². The topological polar surface area (TPSA) is 115 Å². The highest BCUT2D eigenvalue weighted by Gasteiger charge is 2.40. The first-order valence-electron chi connectivity index (χ1n) is 12.9. The smallest absolute Gasteiger partial charge is 0.410 e. The highest BCUT2D eigenvalue weighted by Crippen LogP contribution is 2.25. The summed E-state index contributed by atoms with van der Waals surface area (Å²) in [5.74, 6) is 5.70. The summed E-state index contributed by atoms with van der Waals surface area (Å²) in [7, 11) is 1.66. The fraction of sp³-hybridized carbons (Fsp3) is 0.556. The van der Waals surface area contributed by atoms with Crippen LogP contribution in [0.25, 0.3) is 11.0 Å². The third-order valence-electron chi connectivity index (χ3n) is 7.18. The van der Waals surface area contributed by atoms with Crippen molar-refractivity contribution in [3.63, 3.8) is 0 Å². The van der Waals surface area contributed by atoms with Crippen molar-refractivity contribution in [2.45, 2.75) is 57.3 Å². The van der Waals surface area contributed by atoms with E-state index >= 15 is 0 Å². The van der Waals surface area contributed by atoms with Crippen LogP contribution in [0.3, 0.4) is 0 Å². The van der Waals surface area contributed by atoms with Crippen LogP contribution in [-0.2, 0) is 26.1 Å². The van der Waals surface area contributed by atoms with E-state index in [2.05, 4.69) is 22.1 Å². The van der Waals surface area contributed by atoms with E-state index < -0.39 is 17.6 Å². The Morgan fingerprint density at radius 2 is 1.87 bits per heavy atom. The van der Waals surface area contributed by atoms with Gasteiger partial charge in [-0.25, -0.2) is 9.59 Å². The largest absolute Gasteiger partial charge is 0.444 e. The lowest BCUT2D eigenvalue weighted by atomic mass is 10.0. The third kappa shape index (κ3) is 4.93. The first-order valence-corrected chi connectivity index (χ1v) is 12.9. The van der Waals surface area contributed by atoms with Crippen molar-refractivity contribution in [1.82, 2.24) is 24.3 Å². The van der Waals surface area contributed by atoms with E-state index in [4.69, 9.17) is 9.47 Å². The Kier molecular flexibility index (Phi) is 6.79. The van der Waals surface area contributed by atoms with Crippen molar-refractivity contribution in [3.05, 3.63) is 34.2 Å². The molecule has 3 fully saturated rings. The highest BCUT2D eigenvalue weighted by atomic mass is 16.6. The molecule has 4 heterocycles. The van der Waals surface area contributed by atoms with Crippen LogP contribution in [0, 0.1) is 11.8 Å². The van der Waals surface area contributed by atoms with E-state index in [9.17, 15) is 19.2 Å². The van der Waals surface area contributed by atoms with Crippen molar-refractivity contribution in [1.29, 1.82) is 0 Å². The van der Waals surface area contributed by atoms with Crippen LogP contribution in [0.1, 0.15) is 45.2 Å². The minimum Gasteiger partial charge on any atom is -0.444 e. The zero-order chi connectivity index (χ0) is 27.2. The van der Waals surface area contributed by atoms with Gasteiger partial charge in [0, 0.05) is 26.6 Å². The molecule has 3 saturated heterocycles. The molecule has 0 aliphatic carbocycles. The fourth-order valence-corrected chi connectivity index (χ4v) is 5.46. The maximum atomic E-state index is 13.1. The van der Waals surface area contributed by atoms with Gasteiger partial charge in [-0.15, -0.1) is 0 Å². The van der Waals surface area contributed by atoms with Crippen LogP contribution in [0.2, 0.25) is 0 Å². The van der Waals surface area contributed by atoms with Gasteiger partial charge in [0.15, 0.2) is 0 Å². The number of carbonyl (C=O) groups is 3. The molecule has 5 rings (SSSR count). The monoisotopic (exact) mass is 523 g/mol. The number of morpholine rings is 1. The average Bonchev–Trinajstić information content (AvgIpc) is 3.08. The number of aromatic nitrogens is 2. The quantitative estimate of drug-likeness (QED) is 0.461. The summed E-state index contributed by atoms with van der Waals surface area (Å²) in [5.41, 5.74) is 1.06. The summed E-state index contributed by atoms with van der Waals surface area (Å²) in [6, 6.07) is 4.75. The first kappa shape index (κ1) is 26.0. The number of nitrogens with one attached hydrogen (secondary N) is 1. The number of rotatable bonds is 2. The predicted molar refractivity (Wildman–Crippen MR) is 138 cm³/mol. The zero-order valence-electron chi connectivity index (χ0n) is 22.2. The Balaban J connectivity index is 1.37. The molecule has 11 nitrogen and oxygen atoms in total. The average molecular weight is 524 g/mol. The van der Waals surface area contributed by atoms with Crippen molar-refractivity contribution in [3.8, 4) is 11.8 Å². The number of ether oxygens (including phenoxy) is 2. The molecule has 1 aromatic carbocycles. The lowest BCUT2D eigenvalue weighted by Crippen LogP contribution is -2.65. The Hall–Kier alpha value is -3.62. The molecule has 3 aliphatic rings. The number of benzene rings is 1. The molecule has 3 amide bonds. The number of aryl methyl sites for hydroxylation is 1. The van der Waals surface area contributed by atoms with Gasteiger partial charge in [-0.1, -0.05) is 17.9 Å². The van der Waals surface area contributed by atoms with Gasteiger partial charge >= 0.3 is 11.8 Å². The van der Waals surface area contributed by atoms with E-state index in [1.54, 1.807) is 18.0 Å². The minimum absolute atomic E-state index is 0.0121. The van der Waals surface area contributed by atoms with E-state index in [-0.39, 0.29) is 42.6 Å². The van der Waals surface area contributed by atoms with E-state index in [1.807, 2.05) is 32.9 Å². The number of nitrogens with zero attached hydrogens (tertiary/aromatic N) is 4. The van der Waals surface area contributed by atoms with E-state index in [0.29, 0.717) is 49.4 Å². The van der Waals surface area contributed by atoms with E-state index in [0.717, 1.165) is 0 Å². The molecular weight excluding hydrogens is 490 g/mol. The Morgan fingerprint density at radius 3 is 2.53 bits per heavy atom. The highest BCUT2D eigenvalue weighted by molar-refractivity contribution is 6.00. The molecule has 0 radical (unpaired) electrons. The molecule has 3 aliphatic heterocycles. The van der Waals surface area contributed by atoms with Gasteiger partial charge in [0.05, 0.1) is 48.4 Å². The molecule has 2 aromatic rings. The van der Waals surface area contributed by atoms with Crippen LogP contribution >= 0.6 is 0 Å². The summed E-state index contributed by atoms with van der Waals surface area (Å²) in [6.07, 6.45) is 0.152. The van der Waals surface area contributed by atoms with Crippen molar-refractivity contribution < 1.29 is 23.9 Å². The molecule has 0 saturated carbocycles. The molecule has 3 unspecified atom stereocenters. The normalized spacial score (nSPS) is 24.1. The number of carbonyl (C=O) groups excluding carboxylic acids is 3. The molecular formula is C27H33N5O6. The summed E-state index contributed by atoms with van der Waals surface area (Å²) in [6.45, 7) is 8.09. The minimum atomic E-state index is -0.743. The number of amides is 3. The second kappa shape index (κ2) is 9.93. The molecule has 1 aromatic heterocycles. The fourth-order valence-electron chi connectivity index (χ4n) is 5.46. The number of fused-ring (bicyclic) bond motifs is 3. The maximum Gasteiger partial charge on any atom is 0.410 e. The van der Waals surface area contributed by atoms with Gasteiger partial charge in [-0.3, -0.25) is 28.9 Å². The second-order valence-corrected chi connectivity index (χ2v) is 11.1. The summed E-state index contributed by atoms with van der Waals surface area (Å²) in [4.78, 5) is 53.9. The number of hydrogen-bond acceptors (Lipinski definition) is 7. The summed E-state index contributed by atoms with van der Waals surface area (Å²) in [5, 5.41) is 2.33. The lowest BCUT2D eigenvalue weighted by molar-refractivity contribution is -0.135. The second-order valence-electron chi connectivity index (χ2n) is 11.1. The van der Waals surface area contributed by atoms with Crippen molar-refractivity contribution in [2.75, 3.05) is 32.8 Å². The van der Waals surface area contributed by atoms with Gasteiger partial charge in [-0.2, -0.15) is 0 Å². The number of piperidine rings is 1. The zero-order valence-corrected chi connectivity index (χ0v) is 22.2. The van der Waals surface area contributed by atoms with E-state index in [1.165, 1.54) is 9.13 Å². The molecule has 38 heavy (non-hydrogen) atoms. The molecule has 1 N–H and O–H groups in total. The molecule has 2 bridgehead atoms. The number of imidazole rings is 1. The predicted octanol–water partition coefficient (Wildman–Crippen LogP) is 0.989. The number of hydrogen-bond donors (Lipinski definition) is 1. The van der Waals surface area contributed by atoms with Gasteiger partial charge in [0.1, 0.15) is 11.6 Å². The van der Waals surface area contributed by atoms with Gasteiger partial charge in [0.25, 0.3) is 0 Å². The summed E-state index contributed by atoms with van der Waals surface area (Å²) < 4.78 is 14.3. The third-order valence-corrected chi connectivity index (χ3v) is 7.18. The van der Waals surface area contributed by atoms with Crippen LogP contribution in [0.5, 0.6) is 0 Å². The Labute approximate surface area is 220 Å². The first-order chi connectivity index (χ1) is 18.0. The number of piperazine rings is 1. The van der Waals surface area contributed by atoms with Crippen LogP contribution in [0.4, 0.5) is 4.79 Å². The summed E-state index contributed by atoms with van der Waals surface area (Å²) >= 11 is 0. The Morgan fingerprint density at radius 1 is 1.16 bits per heavy atom. The lowest BCUT2D eigenvalue weighted by Gasteiger charge is -2.48. The van der Waals surface area contributed by atoms with Crippen molar-refractivity contribution in [2.24, 2.45) is 7.05 Å². The van der Waals surface area contributed by atoms with Crippen molar-refractivity contribution >= 4 is 28.9 Å². The maximum absolute atomic E-state index is 13.1. The van der Waals surface area contributed by atoms with Crippen LogP contribution in [-0.4, -0.2) is 87.4 Å². The number of imide groups is 1. The molecule has 0 spiro atoms. The van der Waals surface area contributed by atoms with Crippen LogP contribution < -0.4 is 11.0 Å². The Bertz CT molecular complexity index is 1390. The van der Waals surface area contributed by atoms with Gasteiger partial charge in [0.2, 0.25) is 11.8 Å². The molecule has 3 atom stereocenters. The SMILES string of the molecule is Cn1c(=O)n(C2CCC(=O)NC2=O)c2cccc(C#CCN3C4COCC3CN(C(=O)OC(C)(C)C)C4)c21.